The van der Waals surface area contributed by atoms with Gasteiger partial charge in [0.15, 0.2) is 0 Å². The van der Waals surface area contributed by atoms with Gasteiger partial charge >= 0.3 is 0 Å². The topological polar surface area (TPSA) is 79.2 Å². The molecule has 1 aliphatic rings. The van der Waals surface area contributed by atoms with E-state index in [4.69, 9.17) is 9.47 Å². The number of ether oxygens (including phenoxy) is 2. The van der Waals surface area contributed by atoms with Crippen molar-refractivity contribution in [3.8, 4) is 0 Å². The van der Waals surface area contributed by atoms with Gasteiger partial charge in [-0.1, -0.05) is 44.3 Å². The summed E-state index contributed by atoms with van der Waals surface area (Å²) in [6.45, 7) is 2.88. The summed E-state index contributed by atoms with van der Waals surface area (Å²) in [5.74, 6) is 0. The maximum Gasteiger partial charge on any atom is 0.114 e. The van der Waals surface area contributed by atoms with E-state index in [2.05, 4.69) is 19.1 Å². The highest BCUT2D eigenvalue weighted by atomic mass is 16.5. The van der Waals surface area contributed by atoms with E-state index in [1.165, 1.54) is 38.5 Å². The Labute approximate surface area is 140 Å². The van der Waals surface area contributed by atoms with Gasteiger partial charge in [-0.2, -0.15) is 0 Å². The Morgan fingerprint density at radius 2 is 1.74 bits per heavy atom. The average Bonchev–Trinajstić information content (AvgIpc) is 2.88. The van der Waals surface area contributed by atoms with Crippen LogP contribution in [-0.4, -0.2) is 59.6 Å². The van der Waals surface area contributed by atoms with Gasteiger partial charge in [0.25, 0.3) is 0 Å². The molecular formula is C18H34O5. The molecule has 0 aromatic carbocycles. The van der Waals surface area contributed by atoms with Crippen LogP contribution >= 0.6 is 0 Å². The lowest BCUT2D eigenvalue weighted by molar-refractivity contribution is -0.0813. The number of unbranched alkanes of at least 4 members (excludes halogenated alkanes) is 7. The fraction of sp³-hybridized carbons (Fsp3) is 0.889. The molecule has 0 bridgehead atoms. The molecule has 0 spiro atoms. The van der Waals surface area contributed by atoms with E-state index < -0.39 is 24.4 Å². The molecule has 4 atom stereocenters. The van der Waals surface area contributed by atoms with Crippen molar-refractivity contribution < 1.29 is 24.8 Å². The molecule has 0 aliphatic carbocycles. The third-order valence-electron chi connectivity index (χ3n) is 4.25. The normalized spacial score (nSPS) is 26.2. The molecular weight excluding hydrogens is 296 g/mol. The Hall–Kier alpha value is -0.460. The first kappa shape index (κ1) is 20.6. The van der Waals surface area contributed by atoms with Crippen LogP contribution in [0.2, 0.25) is 0 Å². The lowest BCUT2D eigenvalue weighted by Gasteiger charge is -2.20. The number of hydrogen-bond donors (Lipinski definition) is 3. The van der Waals surface area contributed by atoms with Crippen molar-refractivity contribution in [1.29, 1.82) is 0 Å². The molecule has 0 amide bonds. The van der Waals surface area contributed by atoms with Gasteiger partial charge in [-0.15, -0.1) is 0 Å². The van der Waals surface area contributed by atoms with Gasteiger partial charge in [0.1, 0.15) is 24.4 Å². The molecule has 1 rings (SSSR count). The van der Waals surface area contributed by atoms with Crippen molar-refractivity contribution in [3.05, 3.63) is 12.2 Å². The summed E-state index contributed by atoms with van der Waals surface area (Å²) in [6.07, 6.45) is 10.5. The predicted molar refractivity (Wildman–Crippen MR) is 90.3 cm³/mol. The summed E-state index contributed by atoms with van der Waals surface area (Å²) in [4.78, 5) is 0. The molecule has 1 saturated heterocycles. The first-order chi connectivity index (χ1) is 11.2. The largest absolute Gasteiger partial charge is 0.388 e. The number of allylic oxidation sites excluding steroid dienone is 2. The number of aliphatic hydroxyl groups is 3. The first-order valence-electron chi connectivity index (χ1n) is 9.01. The van der Waals surface area contributed by atoms with Crippen molar-refractivity contribution in [2.24, 2.45) is 0 Å². The van der Waals surface area contributed by atoms with Gasteiger partial charge in [0.05, 0.1) is 13.2 Å². The van der Waals surface area contributed by atoms with E-state index in [9.17, 15) is 15.3 Å². The molecule has 3 N–H and O–H groups in total. The molecule has 0 saturated carbocycles. The molecule has 1 fully saturated rings. The Kier molecular flexibility index (Phi) is 11.5. The van der Waals surface area contributed by atoms with Crippen LogP contribution in [0.4, 0.5) is 0 Å². The summed E-state index contributed by atoms with van der Waals surface area (Å²) in [5.41, 5.74) is 0. The van der Waals surface area contributed by atoms with Gasteiger partial charge in [0.2, 0.25) is 0 Å². The van der Waals surface area contributed by atoms with E-state index in [1.807, 2.05) is 0 Å². The van der Waals surface area contributed by atoms with Gasteiger partial charge in [0, 0.05) is 6.61 Å². The Morgan fingerprint density at radius 3 is 2.35 bits per heavy atom. The average molecular weight is 330 g/mol. The van der Waals surface area contributed by atoms with Gasteiger partial charge < -0.3 is 24.8 Å². The highest BCUT2D eigenvalue weighted by Crippen LogP contribution is 2.18. The minimum absolute atomic E-state index is 0.0671. The zero-order valence-electron chi connectivity index (χ0n) is 14.4. The number of rotatable bonds is 13. The van der Waals surface area contributed by atoms with Gasteiger partial charge in [-0.3, -0.25) is 0 Å². The predicted octanol–water partition coefficient (Wildman–Crippen LogP) is 2.18. The molecule has 1 aliphatic heterocycles. The molecule has 5 heteroatoms. The van der Waals surface area contributed by atoms with Crippen LogP contribution in [-0.2, 0) is 9.47 Å². The van der Waals surface area contributed by atoms with Crippen molar-refractivity contribution in [2.75, 3.05) is 19.8 Å². The van der Waals surface area contributed by atoms with Crippen LogP contribution in [0.15, 0.2) is 12.2 Å². The Balaban J connectivity index is 1.86. The van der Waals surface area contributed by atoms with E-state index in [0.29, 0.717) is 6.61 Å². The summed E-state index contributed by atoms with van der Waals surface area (Å²) in [6, 6.07) is 0. The number of hydrogen-bond acceptors (Lipinski definition) is 5. The molecule has 0 aromatic heterocycles. The minimum Gasteiger partial charge on any atom is -0.388 e. The zero-order chi connectivity index (χ0) is 16.9. The number of aliphatic hydroxyl groups excluding tert-OH is 3. The van der Waals surface area contributed by atoms with Crippen LogP contribution in [0.5, 0.6) is 0 Å². The second-order valence-electron chi connectivity index (χ2n) is 6.33. The van der Waals surface area contributed by atoms with E-state index in [1.54, 1.807) is 0 Å². The summed E-state index contributed by atoms with van der Waals surface area (Å²) >= 11 is 0. The lowest BCUT2D eigenvalue weighted by atomic mass is 10.1. The Morgan fingerprint density at radius 1 is 1.09 bits per heavy atom. The van der Waals surface area contributed by atoms with Crippen LogP contribution in [0.1, 0.15) is 58.3 Å². The summed E-state index contributed by atoms with van der Waals surface area (Å²) in [7, 11) is 0. The van der Waals surface area contributed by atoms with Crippen LogP contribution in [0.25, 0.3) is 0 Å². The highest BCUT2D eigenvalue weighted by molar-refractivity contribution is 4.87. The van der Waals surface area contributed by atoms with E-state index in [0.717, 1.165) is 12.8 Å². The maximum atomic E-state index is 9.87. The quantitative estimate of drug-likeness (QED) is 0.356. The smallest absolute Gasteiger partial charge is 0.114 e. The van der Waals surface area contributed by atoms with Crippen LogP contribution in [0.3, 0.4) is 0 Å². The monoisotopic (exact) mass is 330 g/mol. The molecule has 0 radical (unpaired) electrons. The van der Waals surface area contributed by atoms with Crippen molar-refractivity contribution in [3.63, 3.8) is 0 Å². The van der Waals surface area contributed by atoms with Crippen molar-refractivity contribution in [2.45, 2.75) is 82.7 Å². The summed E-state index contributed by atoms with van der Waals surface area (Å²) in [5, 5.41) is 28.9. The van der Waals surface area contributed by atoms with Crippen molar-refractivity contribution >= 4 is 0 Å². The maximum absolute atomic E-state index is 9.87. The van der Waals surface area contributed by atoms with Gasteiger partial charge in [-0.05, 0) is 26.2 Å². The van der Waals surface area contributed by atoms with Crippen LogP contribution in [0, 0.1) is 0 Å². The highest BCUT2D eigenvalue weighted by Gasteiger charge is 2.39. The minimum atomic E-state index is -1.03. The molecule has 23 heavy (non-hydrogen) atoms. The molecule has 5 nitrogen and oxygen atoms in total. The molecule has 136 valence electrons. The van der Waals surface area contributed by atoms with Gasteiger partial charge in [-0.25, -0.2) is 0 Å². The second-order valence-corrected chi connectivity index (χ2v) is 6.33. The third-order valence-corrected chi connectivity index (χ3v) is 4.25. The lowest BCUT2D eigenvalue weighted by Crippen LogP contribution is -2.40. The fourth-order valence-corrected chi connectivity index (χ4v) is 2.78. The fourth-order valence-electron chi connectivity index (χ4n) is 2.78. The Bertz CT molecular complexity index is 308. The second kappa shape index (κ2) is 12.9. The zero-order valence-corrected chi connectivity index (χ0v) is 14.4. The van der Waals surface area contributed by atoms with Crippen molar-refractivity contribution in [1.82, 2.24) is 0 Å². The summed E-state index contributed by atoms with van der Waals surface area (Å²) < 4.78 is 10.6. The molecule has 0 unspecified atom stereocenters. The SMILES string of the molecule is C/C=C/CCCCCCCCCOC[C@@H](O)[C@H]1OC[C@H](O)[C@H]1O. The first-order valence-corrected chi connectivity index (χ1v) is 9.01. The van der Waals surface area contributed by atoms with E-state index in [-0.39, 0.29) is 13.2 Å². The molecule has 0 aromatic rings. The standard InChI is InChI=1S/C18H34O5/c1-2-3-4-5-6-7-8-9-10-11-12-22-13-16(20)18-17(21)15(19)14-23-18/h2-3,15-21H,4-14H2,1H3/b3-2+/t15-,16+,17+,18+/m0/s1. The van der Waals surface area contributed by atoms with Crippen LogP contribution < -0.4 is 0 Å². The van der Waals surface area contributed by atoms with E-state index >= 15 is 0 Å². The molecule has 1 heterocycles. The third kappa shape index (κ3) is 8.82.